The first-order valence-electron chi connectivity index (χ1n) is 10.2. The highest BCUT2D eigenvalue weighted by atomic mass is 16.2. The van der Waals surface area contributed by atoms with E-state index in [2.05, 4.69) is 10.3 Å². The van der Waals surface area contributed by atoms with E-state index in [-0.39, 0.29) is 49.6 Å². The largest absolute Gasteiger partial charge is 0.347 e. The SMILES string of the molecule is CCn1c(CNC(=O)CN2C(=O)CC(c3ccccc3)CC2=O)nc2ccccc21. The number of nitrogens with zero attached hydrogens (tertiary/aromatic N) is 3. The molecule has 3 aromatic rings. The zero-order valence-corrected chi connectivity index (χ0v) is 16.9. The van der Waals surface area contributed by atoms with Crippen LogP contribution in [0, 0.1) is 0 Å². The number of hydrogen-bond donors (Lipinski definition) is 1. The van der Waals surface area contributed by atoms with Crippen molar-refractivity contribution < 1.29 is 14.4 Å². The third-order valence-corrected chi connectivity index (χ3v) is 5.51. The molecule has 7 heteroatoms. The summed E-state index contributed by atoms with van der Waals surface area (Å²) in [6, 6.07) is 17.3. The summed E-state index contributed by atoms with van der Waals surface area (Å²) in [5.41, 5.74) is 2.86. The van der Waals surface area contributed by atoms with Crippen molar-refractivity contribution in [2.45, 2.75) is 38.8 Å². The maximum absolute atomic E-state index is 12.5. The monoisotopic (exact) mass is 404 g/mol. The molecular weight excluding hydrogens is 380 g/mol. The minimum absolute atomic E-state index is 0.130. The number of carbonyl (C=O) groups excluding carboxylic acids is 3. The molecule has 1 saturated heterocycles. The van der Waals surface area contributed by atoms with Crippen LogP contribution in [0.5, 0.6) is 0 Å². The Morgan fingerprint density at radius 2 is 1.70 bits per heavy atom. The number of imidazole rings is 1. The molecule has 30 heavy (non-hydrogen) atoms. The molecule has 3 amide bonds. The number of rotatable bonds is 6. The average molecular weight is 404 g/mol. The summed E-state index contributed by atoms with van der Waals surface area (Å²) in [5.74, 6) is -0.376. The highest BCUT2D eigenvalue weighted by molar-refractivity contribution is 6.01. The second-order valence-corrected chi connectivity index (χ2v) is 7.43. The molecule has 0 radical (unpaired) electrons. The van der Waals surface area contributed by atoms with E-state index >= 15 is 0 Å². The summed E-state index contributed by atoms with van der Waals surface area (Å²) >= 11 is 0. The molecule has 0 unspecified atom stereocenters. The molecule has 0 spiro atoms. The lowest BCUT2D eigenvalue weighted by Gasteiger charge is -2.29. The molecule has 1 aromatic heterocycles. The molecule has 0 aliphatic carbocycles. The first-order chi connectivity index (χ1) is 14.6. The van der Waals surface area contributed by atoms with Crippen LogP contribution in [-0.2, 0) is 27.5 Å². The summed E-state index contributed by atoms with van der Waals surface area (Å²) in [7, 11) is 0. The zero-order chi connectivity index (χ0) is 21.1. The van der Waals surface area contributed by atoms with Crippen LogP contribution in [0.3, 0.4) is 0 Å². The molecule has 154 valence electrons. The lowest BCUT2D eigenvalue weighted by atomic mass is 9.88. The van der Waals surface area contributed by atoms with E-state index in [1.807, 2.05) is 66.1 Å². The Morgan fingerprint density at radius 3 is 2.40 bits per heavy atom. The van der Waals surface area contributed by atoms with E-state index in [4.69, 9.17) is 0 Å². The summed E-state index contributed by atoms with van der Waals surface area (Å²) < 4.78 is 2.04. The number of para-hydroxylation sites is 2. The summed E-state index contributed by atoms with van der Waals surface area (Å²) in [6.45, 7) is 2.74. The van der Waals surface area contributed by atoms with Gasteiger partial charge in [-0.25, -0.2) is 4.98 Å². The minimum Gasteiger partial charge on any atom is -0.347 e. The van der Waals surface area contributed by atoms with Crippen LogP contribution >= 0.6 is 0 Å². The first-order valence-corrected chi connectivity index (χ1v) is 10.2. The maximum atomic E-state index is 12.5. The summed E-state index contributed by atoms with van der Waals surface area (Å²) in [5, 5.41) is 2.80. The molecule has 1 aliphatic heterocycles. The highest BCUT2D eigenvalue weighted by Gasteiger charge is 2.34. The number of benzene rings is 2. The number of carbonyl (C=O) groups is 3. The van der Waals surface area contributed by atoms with Gasteiger partial charge in [0.1, 0.15) is 12.4 Å². The van der Waals surface area contributed by atoms with Gasteiger partial charge in [0.05, 0.1) is 17.6 Å². The number of fused-ring (bicyclic) bond motifs is 1. The van der Waals surface area contributed by atoms with Gasteiger partial charge < -0.3 is 9.88 Å². The van der Waals surface area contributed by atoms with Gasteiger partial charge in [-0.2, -0.15) is 0 Å². The Labute approximate surface area is 174 Å². The van der Waals surface area contributed by atoms with Crippen LogP contribution in [0.2, 0.25) is 0 Å². The fourth-order valence-corrected chi connectivity index (χ4v) is 3.98. The summed E-state index contributed by atoms with van der Waals surface area (Å²) in [6.07, 6.45) is 0.462. The van der Waals surface area contributed by atoms with Gasteiger partial charge in [-0.05, 0) is 24.6 Å². The van der Waals surface area contributed by atoms with Gasteiger partial charge in [-0.1, -0.05) is 42.5 Å². The van der Waals surface area contributed by atoms with Crippen molar-refractivity contribution in [1.29, 1.82) is 0 Å². The van der Waals surface area contributed by atoms with Crippen LogP contribution in [0.15, 0.2) is 54.6 Å². The molecule has 2 heterocycles. The molecule has 0 atom stereocenters. The molecule has 2 aromatic carbocycles. The van der Waals surface area contributed by atoms with Gasteiger partial charge in [-0.15, -0.1) is 0 Å². The highest BCUT2D eigenvalue weighted by Crippen LogP contribution is 2.29. The van der Waals surface area contributed by atoms with Gasteiger partial charge >= 0.3 is 0 Å². The molecular formula is C23H24N4O3. The van der Waals surface area contributed by atoms with Crippen molar-refractivity contribution in [2.24, 2.45) is 0 Å². The summed E-state index contributed by atoms with van der Waals surface area (Å²) in [4.78, 5) is 43.1. The second kappa shape index (κ2) is 8.49. The van der Waals surface area contributed by atoms with Crippen molar-refractivity contribution in [1.82, 2.24) is 19.8 Å². The van der Waals surface area contributed by atoms with E-state index in [9.17, 15) is 14.4 Å². The Balaban J connectivity index is 1.38. The van der Waals surface area contributed by atoms with E-state index < -0.39 is 0 Å². The van der Waals surface area contributed by atoms with Crippen molar-refractivity contribution in [3.63, 3.8) is 0 Å². The maximum Gasteiger partial charge on any atom is 0.240 e. The number of aromatic nitrogens is 2. The van der Waals surface area contributed by atoms with Gasteiger partial charge in [0.15, 0.2) is 0 Å². The molecule has 7 nitrogen and oxygen atoms in total. The fraction of sp³-hybridized carbons (Fsp3) is 0.304. The smallest absolute Gasteiger partial charge is 0.240 e. The molecule has 0 bridgehead atoms. The number of hydrogen-bond acceptors (Lipinski definition) is 4. The van der Waals surface area contributed by atoms with E-state index in [1.54, 1.807) is 0 Å². The van der Waals surface area contributed by atoms with Crippen LogP contribution < -0.4 is 5.32 Å². The fourth-order valence-electron chi connectivity index (χ4n) is 3.98. The van der Waals surface area contributed by atoms with Crippen molar-refractivity contribution in [2.75, 3.05) is 6.54 Å². The number of aryl methyl sites for hydroxylation is 1. The molecule has 4 rings (SSSR count). The van der Waals surface area contributed by atoms with Crippen LogP contribution in [0.25, 0.3) is 11.0 Å². The quantitative estimate of drug-likeness (QED) is 0.640. The topological polar surface area (TPSA) is 84.3 Å². The van der Waals surface area contributed by atoms with Crippen LogP contribution in [0.4, 0.5) is 0 Å². The van der Waals surface area contributed by atoms with Crippen LogP contribution in [-0.4, -0.2) is 38.7 Å². The predicted molar refractivity (Wildman–Crippen MR) is 112 cm³/mol. The number of imide groups is 1. The van der Waals surface area contributed by atoms with Gasteiger partial charge in [0, 0.05) is 25.3 Å². The Kier molecular flexibility index (Phi) is 5.61. The third-order valence-electron chi connectivity index (χ3n) is 5.51. The van der Waals surface area contributed by atoms with Crippen molar-refractivity contribution in [3.05, 3.63) is 66.0 Å². The van der Waals surface area contributed by atoms with E-state index in [0.717, 1.165) is 33.9 Å². The van der Waals surface area contributed by atoms with E-state index in [0.29, 0.717) is 0 Å². The Morgan fingerprint density at radius 1 is 1.03 bits per heavy atom. The van der Waals surface area contributed by atoms with Gasteiger partial charge in [0.2, 0.25) is 17.7 Å². The Bertz CT molecular complexity index is 1070. The standard InChI is InChI=1S/C23H24N4O3/c1-2-26-19-11-7-6-10-18(19)25-20(26)14-24-21(28)15-27-22(29)12-17(13-23(27)30)16-8-4-3-5-9-16/h3-11,17H,2,12-15H2,1H3,(H,24,28). The van der Waals surface area contributed by atoms with Crippen molar-refractivity contribution in [3.8, 4) is 0 Å². The lowest BCUT2D eigenvalue weighted by molar-refractivity contribution is -0.151. The van der Waals surface area contributed by atoms with Gasteiger partial charge in [-0.3, -0.25) is 19.3 Å². The first kappa shape index (κ1) is 19.8. The predicted octanol–water partition coefficient (Wildman–Crippen LogP) is 2.61. The van der Waals surface area contributed by atoms with Gasteiger partial charge in [0.25, 0.3) is 0 Å². The van der Waals surface area contributed by atoms with Crippen molar-refractivity contribution >= 4 is 28.8 Å². The van der Waals surface area contributed by atoms with E-state index in [1.165, 1.54) is 0 Å². The Hall–Kier alpha value is -3.48. The normalized spacial score (nSPS) is 15.0. The number of amides is 3. The number of piperidine rings is 1. The molecule has 1 fully saturated rings. The minimum atomic E-state index is -0.371. The zero-order valence-electron chi connectivity index (χ0n) is 16.9. The second-order valence-electron chi connectivity index (χ2n) is 7.43. The molecule has 1 N–H and O–H groups in total. The average Bonchev–Trinajstić information content (AvgIpc) is 3.12. The molecule has 1 aliphatic rings. The lowest BCUT2D eigenvalue weighted by Crippen LogP contribution is -2.47. The molecule has 0 saturated carbocycles. The third kappa shape index (κ3) is 3.96. The van der Waals surface area contributed by atoms with Crippen LogP contribution in [0.1, 0.15) is 37.1 Å². The number of nitrogens with one attached hydrogen (secondary N) is 1. The number of likely N-dealkylation sites (tertiary alicyclic amines) is 1.